The lowest BCUT2D eigenvalue weighted by atomic mass is 9.77. The van der Waals surface area contributed by atoms with Gasteiger partial charge in [0, 0.05) is 24.5 Å². The van der Waals surface area contributed by atoms with Crippen molar-refractivity contribution in [3.8, 4) is 6.07 Å². The zero-order valence-corrected chi connectivity index (χ0v) is 13.0. The Hall–Kier alpha value is -2.15. The van der Waals surface area contributed by atoms with Gasteiger partial charge in [-0.1, -0.05) is 36.4 Å². The van der Waals surface area contributed by atoms with Gasteiger partial charge in [-0.05, 0) is 42.8 Å². The highest BCUT2D eigenvalue weighted by atomic mass is 15.2. The molecule has 0 saturated heterocycles. The van der Waals surface area contributed by atoms with Crippen LogP contribution in [-0.2, 0) is 0 Å². The first kappa shape index (κ1) is 14.8. The minimum absolute atomic E-state index is 0.251. The summed E-state index contributed by atoms with van der Waals surface area (Å²) >= 11 is 0. The normalized spacial score (nSPS) is 24.5. The summed E-state index contributed by atoms with van der Waals surface area (Å²) in [4.78, 5) is 2.35. The van der Waals surface area contributed by atoms with Crippen LogP contribution >= 0.6 is 0 Å². The van der Waals surface area contributed by atoms with Crippen molar-refractivity contribution in [2.45, 2.75) is 24.9 Å². The lowest BCUT2D eigenvalue weighted by Crippen LogP contribution is -2.45. The van der Waals surface area contributed by atoms with Crippen LogP contribution in [0.3, 0.4) is 0 Å². The third kappa shape index (κ3) is 2.31. The number of nitrogens with zero attached hydrogens (tertiary/aromatic N) is 2. The second-order valence-corrected chi connectivity index (χ2v) is 6.00. The standard InChI is InChI=1S/C19H21N3/c1-13-19(15-7-5-6-14(10-15)11-20)17-9-4-3-8-16(17)18(12-21)22(13)2/h3-10,13,18-19H,12,21H2,1-2H3. The molecule has 1 aliphatic heterocycles. The van der Waals surface area contributed by atoms with Crippen molar-refractivity contribution in [1.82, 2.24) is 4.90 Å². The van der Waals surface area contributed by atoms with Crippen molar-refractivity contribution in [3.05, 3.63) is 70.8 Å². The molecular weight excluding hydrogens is 270 g/mol. The van der Waals surface area contributed by atoms with Crippen molar-refractivity contribution in [2.24, 2.45) is 5.73 Å². The maximum absolute atomic E-state index is 9.18. The SMILES string of the molecule is CC1C(c2cccc(C#N)c2)c2ccccc2C(CN)N1C. The molecule has 0 saturated carbocycles. The molecule has 2 aromatic rings. The highest BCUT2D eigenvalue weighted by Gasteiger charge is 2.36. The first-order chi connectivity index (χ1) is 10.7. The third-order valence-electron chi connectivity index (χ3n) is 4.90. The Morgan fingerprint density at radius 3 is 2.55 bits per heavy atom. The monoisotopic (exact) mass is 291 g/mol. The lowest BCUT2D eigenvalue weighted by molar-refractivity contribution is 0.156. The van der Waals surface area contributed by atoms with Crippen molar-refractivity contribution >= 4 is 0 Å². The topological polar surface area (TPSA) is 53.1 Å². The van der Waals surface area contributed by atoms with Gasteiger partial charge in [0.25, 0.3) is 0 Å². The van der Waals surface area contributed by atoms with Crippen LogP contribution in [0, 0.1) is 11.3 Å². The van der Waals surface area contributed by atoms with E-state index in [1.54, 1.807) is 0 Å². The van der Waals surface area contributed by atoms with Crippen LogP contribution in [0.5, 0.6) is 0 Å². The minimum Gasteiger partial charge on any atom is -0.329 e. The maximum atomic E-state index is 9.18. The van der Waals surface area contributed by atoms with Gasteiger partial charge >= 0.3 is 0 Å². The molecule has 0 spiro atoms. The van der Waals surface area contributed by atoms with Gasteiger partial charge < -0.3 is 5.73 Å². The Balaban J connectivity index is 2.16. The van der Waals surface area contributed by atoms with Crippen LogP contribution in [0.1, 0.15) is 41.1 Å². The Kier molecular flexibility index (Phi) is 3.98. The summed E-state index contributed by atoms with van der Waals surface area (Å²) in [6.07, 6.45) is 0. The van der Waals surface area contributed by atoms with E-state index in [-0.39, 0.29) is 12.0 Å². The van der Waals surface area contributed by atoms with Gasteiger partial charge in [0.2, 0.25) is 0 Å². The van der Waals surface area contributed by atoms with Gasteiger partial charge in [-0.25, -0.2) is 0 Å². The summed E-state index contributed by atoms with van der Waals surface area (Å²) in [7, 11) is 2.14. The molecule has 2 aromatic carbocycles. The van der Waals surface area contributed by atoms with Crippen molar-refractivity contribution < 1.29 is 0 Å². The molecule has 0 bridgehead atoms. The Labute approximate surface area is 132 Å². The zero-order chi connectivity index (χ0) is 15.7. The number of nitriles is 1. The van der Waals surface area contributed by atoms with Crippen LogP contribution in [-0.4, -0.2) is 24.5 Å². The fourth-order valence-corrected chi connectivity index (χ4v) is 3.65. The number of hydrogen-bond acceptors (Lipinski definition) is 3. The third-order valence-corrected chi connectivity index (χ3v) is 4.90. The van der Waals surface area contributed by atoms with E-state index >= 15 is 0 Å². The van der Waals surface area contributed by atoms with Crippen LogP contribution in [0.4, 0.5) is 0 Å². The number of rotatable bonds is 2. The van der Waals surface area contributed by atoms with Gasteiger partial charge in [-0.15, -0.1) is 0 Å². The van der Waals surface area contributed by atoms with Crippen molar-refractivity contribution in [3.63, 3.8) is 0 Å². The van der Waals surface area contributed by atoms with E-state index in [1.807, 2.05) is 18.2 Å². The number of fused-ring (bicyclic) bond motifs is 1. The highest BCUT2D eigenvalue weighted by molar-refractivity contribution is 5.45. The minimum atomic E-state index is 0.251. The molecule has 22 heavy (non-hydrogen) atoms. The van der Waals surface area contributed by atoms with E-state index in [0.717, 1.165) is 0 Å². The molecular formula is C19H21N3. The summed E-state index contributed by atoms with van der Waals surface area (Å²) in [6, 6.07) is 19.3. The summed E-state index contributed by atoms with van der Waals surface area (Å²) in [6.45, 7) is 2.85. The number of hydrogen-bond donors (Lipinski definition) is 1. The summed E-state index contributed by atoms with van der Waals surface area (Å²) in [5, 5.41) is 9.18. The second-order valence-electron chi connectivity index (χ2n) is 6.00. The fraction of sp³-hybridized carbons (Fsp3) is 0.316. The predicted octanol–water partition coefficient (Wildman–Crippen LogP) is 3.02. The van der Waals surface area contributed by atoms with E-state index < -0.39 is 0 Å². The van der Waals surface area contributed by atoms with Crippen molar-refractivity contribution in [1.29, 1.82) is 5.26 Å². The van der Waals surface area contributed by atoms with Crippen LogP contribution in [0.15, 0.2) is 48.5 Å². The first-order valence-electron chi connectivity index (χ1n) is 7.68. The molecule has 0 radical (unpaired) electrons. The zero-order valence-electron chi connectivity index (χ0n) is 13.0. The molecule has 2 N–H and O–H groups in total. The van der Waals surface area contributed by atoms with E-state index in [9.17, 15) is 5.26 Å². The molecule has 3 heteroatoms. The molecule has 0 aromatic heterocycles. The molecule has 3 unspecified atom stereocenters. The van der Waals surface area contributed by atoms with Crippen LogP contribution < -0.4 is 5.73 Å². The van der Waals surface area contributed by atoms with Crippen molar-refractivity contribution in [2.75, 3.05) is 13.6 Å². The van der Waals surface area contributed by atoms with E-state index in [0.29, 0.717) is 18.2 Å². The molecule has 1 aliphatic rings. The van der Waals surface area contributed by atoms with Gasteiger partial charge in [-0.3, -0.25) is 4.90 Å². The van der Waals surface area contributed by atoms with E-state index in [1.165, 1.54) is 16.7 Å². The average molecular weight is 291 g/mol. The Morgan fingerprint density at radius 1 is 1.14 bits per heavy atom. The summed E-state index contributed by atoms with van der Waals surface area (Å²) in [5.74, 6) is 0.261. The molecule has 3 rings (SSSR count). The van der Waals surface area contributed by atoms with Gasteiger partial charge in [0.1, 0.15) is 0 Å². The molecule has 3 atom stereocenters. The van der Waals surface area contributed by atoms with Gasteiger partial charge in [-0.2, -0.15) is 5.26 Å². The lowest BCUT2D eigenvalue weighted by Gasteiger charge is -2.44. The highest BCUT2D eigenvalue weighted by Crippen LogP contribution is 2.42. The number of likely N-dealkylation sites (N-methyl/N-ethyl adjacent to an activating group) is 1. The quantitative estimate of drug-likeness (QED) is 0.925. The molecule has 3 nitrogen and oxygen atoms in total. The van der Waals surface area contributed by atoms with Gasteiger partial charge in [0.05, 0.1) is 11.6 Å². The summed E-state index contributed by atoms with van der Waals surface area (Å²) < 4.78 is 0. The number of nitrogens with two attached hydrogens (primary N) is 1. The van der Waals surface area contributed by atoms with Crippen LogP contribution in [0.2, 0.25) is 0 Å². The second kappa shape index (κ2) is 5.92. The molecule has 0 amide bonds. The maximum Gasteiger partial charge on any atom is 0.0991 e. The molecule has 1 heterocycles. The Bertz CT molecular complexity index is 717. The van der Waals surface area contributed by atoms with Crippen LogP contribution in [0.25, 0.3) is 0 Å². The molecule has 112 valence electrons. The fourth-order valence-electron chi connectivity index (χ4n) is 3.65. The predicted molar refractivity (Wildman–Crippen MR) is 88.5 cm³/mol. The van der Waals surface area contributed by atoms with Gasteiger partial charge in [0.15, 0.2) is 0 Å². The summed E-state index contributed by atoms with van der Waals surface area (Å²) in [5.41, 5.74) is 10.6. The number of benzene rings is 2. The molecule has 0 fully saturated rings. The first-order valence-corrected chi connectivity index (χ1v) is 7.68. The Morgan fingerprint density at radius 2 is 1.86 bits per heavy atom. The molecule has 0 aliphatic carbocycles. The van der Waals surface area contributed by atoms with E-state index in [2.05, 4.69) is 55.3 Å². The largest absolute Gasteiger partial charge is 0.329 e. The van der Waals surface area contributed by atoms with E-state index in [4.69, 9.17) is 5.73 Å². The average Bonchev–Trinajstić information content (AvgIpc) is 2.56. The smallest absolute Gasteiger partial charge is 0.0991 e.